The molecule has 0 radical (unpaired) electrons. The number of ether oxygens (including phenoxy) is 1. The molecule has 0 aliphatic rings. The first-order chi connectivity index (χ1) is 15.9. The molecule has 4 N–H and O–H groups in total. The molecule has 0 heterocycles. The molecule has 0 aliphatic heterocycles. The lowest BCUT2D eigenvalue weighted by molar-refractivity contribution is 0.0915. The third-order valence-corrected chi connectivity index (χ3v) is 5.40. The molecule has 2 aromatic carbocycles. The summed E-state index contributed by atoms with van der Waals surface area (Å²) < 4.78 is 5.66. The average molecular weight is 464 g/mol. The van der Waals surface area contributed by atoms with Gasteiger partial charge in [-0.3, -0.25) is 10.2 Å². The third-order valence-electron chi connectivity index (χ3n) is 5.12. The highest BCUT2D eigenvalue weighted by atomic mass is 32.1. The SMILES string of the molecule is C=CCCCCC[C@H](COC(=N)/C=C(\N)c1ccccc1C=C)NC(=O)c1cccc(S)c1. The third kappa shape index (κ3) is 9.02. The maximum atomic E-state index is 12.7. The Labute approximate surface area is 202 Å². The maximum Gasteiger partial charge on any atom is 0.251 e. The highest BCUT2D eigenvalue weighted by molar-refractivity contribution is 7.80. The lowest BCUT2D eigenvalue weighted by Gasteiger charge is -2.19. The van der Waals surface area contributed by atoms with Gasteiger partial charge < -0.3 is 15.8 Å². The van der Waals surface area contributed by atoms with Crippen molar-refractivity contribution in [3.05, 3.63) is 90.5 Å². The van der Waals surface area contributed by atoms with Crippen LogP contribution in [0.3, 0.4) is 0 Å². The summed E-state index contributed by atoms with van der Waals surface area (Å²) in [5.74, 6) is -0.248. The van der Waals surface area contributed by atoms with E-state index in [0.717, 1.165) is 48.1 Å². The summed E-state index contributed by atoms with van der Waals surface area (Å²) in [6.07, 6.45) is 9.87. The first-order valence-electron chi connectivity index (χ1n) is 11.1. The molecule has 0 spiro atoms. The molecule has 0 aromatic heterocycles. The number of nitrogens with one attached hydrogen (secondary N) is 2. The molecule has 6 heteroatoms. The molecular weight excluding hydrogens is 430 g/mol. The smallest absolute Gasteiger partial charge is 0.251 e. The first-order valence-corrected chi connectivity index (χ1v) is 11.5. The van der Waals surface area contributed by atoms with Gasteiger partial charge in [0.2, 0.25) is 5.90 Å². The van der Waals surface area contributed by atoms with Crippen molar-refractivity contribution in [2.45, 2.75) is 43.0 Å². The van der Waals surface area contributed by atoms with Gasteiger partial charge in [0.05, 0.1) is 6.04 Å². The number of carbonyl (C=O) groups excluding carboxylic acids is 1. The molecule has 0 bridgehead atoms. The molecule has 1 atom stereocenters. The van der Waals surface area contributed by atoms with Crippen molar-refractivity contribution in [2.75, 3.05) is 6.61 Å². The Bertz CT molecular complexity index is 1000. The zero-order valence-corrected chi connectivity index (χ0v) is 19.8. The van der Waals surface area contributed by atoms with Crippen LogP contribution in [0.15, 0.2) is 78.7 Å². The summed E-state index contributed by atoms with van der Waals surface area (Å²) in [7, 11) is 0. The Hall–Kier alpha value is -3.25. The Morgan fingerprint density at radius 2 is 1.94 bits per heavy atom. The zero-order valence-electron chi connectivity index (χ0n) is 18.9. The second kappa shape index (κ2) is 14.0. The van der Waals surface area contributed by atoms with Gasteiger partial charge in [0.1, 0.15) is 6.61 Å². The van der Waals surface area contributed by atoms with Crippen LogP contribution in [-0.4, -0.2) is 24.5 Å². The van der Waals surface area contributed by atoms with Crippen LogP contribution in [0.1, 0.15) is 53.6 Å². The van der Waals surface area contributed by atoms with E-state index in [1.54, 1.807) is 24.3 Å². The Balaban J connectivity index is 2.01. The summed E-state index contributed by atoms with van der Waals surface area (Å²) in [5.41, 5.74) is 8.82. The molecule has 2 rings (SSSR count). The monoisotopic (exact) mass is 463 g/mol. The van der Waals surface area contributed by atoms with Gasteiger partial charge in [0.25, 0.3) is 5.91 Å². The fourth-order valence-corrected chi connectivity index (χ4v) is 3.58. The predicted octanol–water partition coefficient (Wildman–Crippen LogP) is 5.85. The number of nitrogens with two attached hydrogens (primary N) is 1. The van der Waals surface area contributed by atoms with Crippen LogP contribution in [-0.2, 0) is 4.74 Å². The van der Waals surface area contributed by atoms with E-state index in [2.05, 4.69) is 31.1 Å². The number of amides is 1. The number of hydrogen-bond acceptors (Lipinski definition) is 5. The largest absolute Gasteiger partial charge is 0.476 e. The standard InChI is InChI=1S/C27H33N3O2S/c1-3-5-6-7-8-14-22(30-27(31)21-13-11-15-23(33)17-21)19-32-26(29)18-25(28)24-16-10-9-12-20(24)4-2/h3-4,9-13,15-18,22,29,33H,1-2,5-8,14,19,28H2,(H,30,31)/b25-18-,29-26?/t22-/m1/s1. The van der Waals surface area contributed by atoms with Crippen LogP contribution in [0.2, 0.25) is 0 Å². The fraction of sp³-hybridized carbons (Fsp3) is 0.259. The van der Waals surface area contributed by atoms with Crippen LogP contribution in [0.5, 0.6) is 0 Å². The zero-order chi connectivity index (χ0) is 24.1. The predicted molar refractivity (Wildman–Crippen MR) is 141 cm³/mol. The minimum atomic E-state index is -0.236. The molecule has 2 aromatic rings. The number of unbranched alkanes of at least 4 members (excludes halogenated alkanes) is 3. The number of allylic oxidation sites excluding steroid dienone is 1. The van der Waals surface area contributed by atoms with Gasteiger partial charge >= 0.3 is 0 Å². The lowest BCUT2D eigenvalue weighted by Crippen LogP contribution is -2.38. The van der Waals surface area contributed by atoms with E-state index in [4.69, 9.17) is 15.9 Å². The summed E-state index contributed by atoms with van der Waals surface area (Å²) in [4.78, 5) is 13.4. The van der Waals surface area contributed by atoms with E-state index < -0.39 is 0 Å². The summed E-state index contributed by atoms with van der Waals surface area (Å²) in [6, 6.07) is 14.4. The van der Waals surface area contributed by atoms with Gasteiger partial charge in [-0.1, -0.05) is 61.9 Å². The van der Waals surface area contributed by atoms with E-state index in [-0.39, 0.29) is 24.5 Å². The molecule has 1 amide bonds. The van der Waals surface area contributed by atoms with Crippen LogP contribution in [0, 0.1) is 5.41 Å². The molecular formula is C27H33N3O2S. The lowest BCUT2D eigenvalue weighted by atomic mass is 10.0. The van der Waals surface area contributed by atoms with Crippen molar-refractivity contribution in [3.63, 3.8) is 0 Å². The minimum absolute atomic E-state index is 0.0605. The highest BCUT2D eigenvalue weighted by Gasteiger charge is 2.15. The normalized spacial score (nSPS) is 12.0. The number of rotatable bonds is 13. The highest BCUT2D eigenvalue weighted by Crippen LogP contribution is 2.17. The minimum Gasteiger partial charge on any atom is -0.476 e. The van der Waals surface area contributed by atoms with Crippen molar-refractivity contribution in [3.8, 4) is 0 Å². The molecule has 0 saturated heterocycles. The van der Waals surface area contributed by atoms with E-state index in [0.29, 0.717) is 11.3 Å². The summed E-state index contributed by atoms with van der Waals surface area (Å²) in [5, 5.41) is 11.2. The van der Waals surface area contributed by atoms with Gasteiger partial charge in [-0.25, -0.2) is 0 Å². The quantitative estimate of drug-likeness (QED) is 0.0988. The van der Waals surface area contributed by atoms with E-state index in [1.807, 2.05) is 36.4 Å². The first kappa shape index (κ1) is 26.0. The van der Waals surface area contributed by atoms with Gasteiger partial charge in [-0.2, -0.15) is 0 Å². The fourth-order valence-electron chi connectivity index (χ4n) is 3.36. The van der Waals surface area contributed by atoms with Crippen LogP contribution >= 0.6 is 12.6 Å². The summed E-state index contributed by atoms with van der Waals surface area (Å²) in [6.45, 7) is 7.73. The van der Waals surface area contributed by atoms with Crippen LogP contribution in [0.25, 0.3) is 11.8 Å². The van der Waals surface area contributed by atoms with Gasteiger partial charge in [0, 0.05) is 27.8 Å². The summed E-state index contributed by atoms with van der Waals surface area (Å²) >= 11 is 4.31. The van der Waals surface area contributed by atoms with Gasteiger partial charge in [0.15, 0.2) is 0 Å². The van der Waals surface area contributed by atoms with Gasteiger partial charge in [-0.15, -0.1) is 19.2 Å². The molecule has 5 nitrogen and oxygen atoms in total. The van der Waals surface area contributed by atoms with Crippen molar-refractivity contribution >= 4 is 36.2 Å². The Morgan fingerprint density at radius 3 is 2.67 bits per heavy atom. The Morgan fingerprint density at radius 1 is 1.15 bits per heavy atom. The molecule has 174 valence electrons. The van der Waals surface area contributed by atoms with E-state index in [9.17, 15) is 4.79 Å². The van der Waals surface area contributed by atoms with Crippen LogP contribution < -0.4 is 11.1 Å². The van der Waals surface area contributed by atoms with Crippen molar-refractivity contribution in [1.82, 2.24) is 5.32 Å². The number of benzene rings is 2. The van der Waals surface area contributed by atoms with E-state index in [1.165, 1.54) is 6.08 Å². The number of thiol groups is 1. The second-order valence-corrected chi connectivity index (χ2v) is 8.23. The van der Waals surface area contributed by atoms with Gasteiger partial charge in [-0.05, 0) is 43.0 Å². The average Bonchev–Trinajstić information content (AvgIpc) is 2.82. The number of hydrogen-bond donors (Lipinski definition) is 4. The number of carbonyl (C=O) groups is 1. The van der Waals surface area contributed by atoms with Crippen molar-refractivity contribution in [1.29, 1.82) is 5.41 Å². The van der Waals surface area contributed by atoms with E-state index >= 15 is 0 Å². The molecule has 0 saturated carbocycles. The topological polar surface area (TPSA) is 88.2 Å². The van der Waals surface area contributed by atoms with Crippen LogP contribution in [0.4, 0.5) is 0 Å². The molecule has 0 unspecified atom stereocenters. The maximum absolute atomic E-state index is 12.7. The van der Waals surface area contributed by atoms with Crippen molar-refractivity contribution in [2.24, 2.45) is 5.73 Å². The molecule has 0 aliphatic carbocycles. The second-order valence-electron chi connectivity index (χ2n) is 7.71. The molecule has 0 fully saturated rings. The Kier molecular flexibility index (Phi) is 11.0. The van der Waals surface area contributed by atoms with Crippen molar-refractivity contribution < 1.29 is 9.53 Å². The molecule has 33 heavy (non-hydrogen) atoms.